The molecule has 1 aliphatic rings. The number of rotatable bonds is 4. The van der Waals surface area contributed by atoms with Crippen LogP contribution in [0.3, 0.4) is 0 Å². The van der Waals surface area contributed by atoms with E-state index in [-0.39, 0.29) is 18.1 Å². The topological polar surface area (TPSA) is 77.6 Å². The molecule has 2 heterocycles. The number of Topliss-reactive ketones (excluding diaryl/α,β-unsaturated/α-hetero) is 1. The Kier molecular flexibility index (Phi) is 4.25. The first-order valence-electron chi connectivity index (χ1n) is 6.99. The van der Waals surface area contributed by atoms with Crippen molar-refractivity contribution < 1.29 is 23.8 Å². The molecule has 23 heavy (non-hydrogen) atoms. The number of benzene rings is 1. The molecule has 1 aromatic heterocycles. The lowest BCUT2D eigenvalue weighted by Crippen LogP contribution is -2.16. The molecule has 1 N–H and O–H groups in total. The minimum Gasteiger partial charge on any atom is -0.486 e. The van der Waals surface area contributed by atoms with Crippen LogP contribution in [-0.2, 0) is 11.3 Å². The van der Waals surface area contributed by atoms with Crippen molar-refractivity contribution >= 4 is 23.4 Å². The van der Waals surface area contributed by atoms with Crippen molar-refractivity contribution in [1.82, 2.24) is 4.98 Å². The first kappa shape index (κ1) is 15.4. The number of halogens is 1. The van der Waals surface area contributed by atoms with Crippen LogP contribution in [0.1, 0.15) is 33.3 Å². The third kappa shape index (κ3) is 3.32. The minimum atomic E-state index is -0.552. The summed E-state index contributed by atoms with van der Waals surface area (Å²) in [7, 11) is 0. The molecule has 3 rings (SSSR count). The third-order valence-corrected chi connectivity index (χ3v) is 3.62. The summed E-state index contributed by atoms with van der Waals surface area (Å²) in [5, 5.41) is 0.409. The molecule has 0 bridgehead atoms. The van der Waals surface area contributed by atoms with Crippen molar-refractivity contribution in [3.05, 3.63) is 46.2 Å². The van der Waals surface area contributed by atoms with Crippen molar-refractivity contribution in [2.45, 2.75) is 13.5 Å². The molecule has 7 heteroatoms. The van der Waals surface area contributed by atoms with Crippen LogP contribution in [0.4, 0.5) is 0 Å². The molecule has 120 valence electrons. The van der Waals surface area contributed by atoms with Crippen molar-refractivity contribution in [2.75, 3.05) is 13.2 Å². The average molecular weight is 336 g/mol. The Hall–Kier alpha value is -2.47. The van der Waals surface area contributed by atoms with Crippen LogP contribution >= 0.6 is 11.6 Å². The summed E-state index contributed by atoms with van der Waals surface area (Å²) < 4.78 is 16.1. The number of aromatic amines is 1. The standard InChI is InChI=1S/C16H14ClNO5/c1-9(19)11-6-13(18-7-11)16(20)23-8-10-4-12(17)15-14(5-10)21-2-3-22-15/h4-7,18H,2-3,8H2,1H3. The molecule has 0 atom stereocenters. The number of esters is 1. The van der Waals surface area contributed by atoms with Crippen LogP contribution in [0.25, 0.3) is 0 Å². The largest absolute Gasteiger partial charge is 0.486 e. The zero-order valence-corrected chi connectivity index (χ0v) is 13.1. The van der Waals surface area contributed by atoms with Gasteiger partial charge in [-0.15, -0.1) is 0 Å². The lowest BCUT2D eigenvalue weighted by molar-refractivity contribution is 0.0466. The van der Waals surface area contributed by atoms with E-state index in [0.29, 0.717) is 40.9 Å². The Morgan fingerprint density at radius 3 is 2.78 bits per heavy atom. The summed E-state index contributed by atoms with van der Waals surface area (Å²) in [6.45, 7) is 2.36. The van der Waals surface area contributed by atoms with Gasteiger partial charge in [0.1, 0.15) is 25.5 Å². The summed E-state index contributed by atoms with van der Waals surface area (Å²) in [6, 6.07) is 4.85. The Balaban J connectivity index is 1.69. The fraction of sp³-hybridized carbons (Fsp3) is 0.250. The van der Waals surface area contributed by atoms with Gasteiger partial charge in [0.2, 0.25) is 0 Å². The first-order chi connectivity index (χ1) is 11.0. The second kappa shape index (κ2) is 6.34. The lowest BCUT2D eigenvalue weighted by Gasteiger charge is -2.20. The molecule has 0 unspecified atom stereocenters. The van der Waals surface area contributed by atoms with E-state index in [9.17, 15) is 9.59 Å². The van der Waals surface area contributed by atoms with Crippen LogP contribution in [0.15, 0.2) is 24.4 Å². The number of carbonyl (C=O) groups is 2. The molecule has 0 amide bonds. The van der Waals surface area contributed by atoms with Crippen molar-refractivity contribution in [3.63, 3.8) is 0 Å². The van der Waals surface area contributed by atoms with Crippen LogP contribution < -0.4 is 9.47 Å². The summed E-state index contributed by atoms with van der Waals surface area (Å²) in [5.41, 5.74) is 1.34. The number of carbonyl (C=O) groups excluding carboxylic acids is 2. The molecular weight excluding hydrogens is 322 g/mol. The number of hydrogen-bond donors (Lipinski definition) is 1. The normalized spacial score (nSPS) is 12.8. The average Bonchev–Trinajstić information content (AvgIpc) is 3.03. The highest BCUT2D eigenvalue weighted by Crippen LogP contribution is 2.38. The Labute approximate surface area is 137 Å². The van der Waals surface area contributed by atoms with Crippen LogP contribution in [0, 0.1) is 0 Å². The fourth-order valence-corrected chi connectivity index (χ4v) is 2.48. The van der Waals surface area contributed by atoms with Gasteiger partial charge in [0.05, 0.1) is 5.02 Å². The molecule has 1 aromatic carbocycles. The number of ether oxygens (including phenoxy) is 3. The number of fused-ring (bicyclic) bond motifs is 1. The van der Waals surface area contributed by atoms with E-state index in [1.54, 1.807) is 12.1 Å². The first-order valence-corrected chi connectivity index (χ1v) is 7.37. The maximum Gasteiger partial charge on any atom is 0.355 e. The van der Waals surface area contributed by atoms with Gasteiger partial charge in [0.25, 0.3) is 0 Å². The fourth-order valence-electron chi connectivity index (χ4n) is 2.19. The maximum absolute atomic E-state index is 12.0. The SMILES string of the molecule is CC(=O)c1c[nH]c(C(=O)OCc2cc(Cl)c3c(c2)OCCO3)c1. The summed E-state index contributed by atoms with van der Waals surface area (Å²) in [5.74, 6) is 0.361. The van der Waals surface area contributed by atoms with Gasteiger partial charge in [0, 0.05) is 11.8 Å². The minimum absolute atomic E-state index is 0.0314. The molecule has 0 saturated carbocycles. The molecule has 6 nitrogen and oxygen atoms in total. The van der Waals surface area contributed by atoms with Crippen LogP contribution in [0.5, 0.6) is 11.5 Å². The molecule has 0 radical (unpaired) electrons. The molecule has 0 spiro atoms. The molecule has 1 aliphatic heterocycles. The van der Waals surface area contributed by atoms with Gasteiger partial charge in [-0.2, -0.15) is 0 Å². The van der Waals surface area contributed by atoms with Gasteiger partial charge >= 0.3 is 5.97 Å². The van der Waals surface area contributed by atoms with E-state index >= 15 is 0 Å². The van der Waals surface area contributed by atoms with Gasteiger partial charge in [-0.3, -0.25) is 4.79 Å². The zero-order chi connectivity index (χ0) is 16.4. The van der Waals surface area contributed by atoms with E-state index in [4.69, 9.17) is 25.8 Å². The molecule has 2 aromatic rings. The van der Waals surface area contributed by atoms with Gasteiger partial charge < -0.3 is 19.2 Å². The highest BCUT2D eigenvalue weighted by atomic mass is 35.5. The van der Waals surface area contributed by atoms with Crippen molar-refractivity contribution in [2.24, 2.45) is 0 Å². The lowest BCUT2D eigenvalue weighted by atomic mass is 10.2. The predicted octanol–water partition coefficient (Wildman–Crippen LogP) is 3.00. The van der Waals surface area contributed by atoms with Crippen LogP contribution in [0.2, 0.25) is 5.02 Å². The van der Waals surface area contributed by atoms with E-state index in [1.807, 2.05) is 0 Å². The summed E-state index contributed by atoms with van der Waals surface area (Å²) in [6.07, 6.45) is 1.47. The number of nitrogens with one attached hydrogen (secondary N) is 1. The van der Waals surface area contributed by atoms with Crippen molar-refractivity contribution in [1.29, 1.82) is 0 Å². The van der Waals surface area contributed by atoms with Crippen LogP contribution in [-0.4, -0.2) is 30.0 Å². The van der Waals surface area contributed by atoms with Gasteiger partial charge in [-0.25, -0.2) is 4.79 Å². The number of ketones is 1. The summed E-state index contributed by atoms with van der Waals surface area (Å²) in [4.78, 5) is 25.9. The monoisotopic (exact) mass is 335 g/mol. The molecule has 0 saturated heterocycles. The smallest absolute Gasteiger partial charge is 0.355 e. The second-order valence-electron chi connectivity index (χ2n) is 5.04. The van der Waals surface area contributed by atoms with E-state index in [1.165, 1.54) is 19.2 Å². The van der Waals surface area contributed by atoms with Gasteiger partial charge in [0.15, 0.2) is 17.3 Å². The third-order valence-electron chi connectivity index (χ3n) is 3.34. The summed E-state index contributed by atoms with van der Waals surface area (Å²) >= 11 is 6.13. The highest BCUT2D eigenvalue weighted by Gasteiger charge is 2.18. The second-order valence-corrected chi connectivity index (χ2v) is 5.44. The zero-order valence-electron chi connectivity index (χ0n) is 12.3. The van der Waals surface area contributed by atoms with Crippen molar-refractivity contribution in [3.8, 4) is 11.5 Å². The van der Waals surface area contributed by atoms with E-state index in [2.05, 4.69) is 4.98 Å². The molecule has 0 aliphatic carbocycles. The van der Waals surface area contributed by atoms with Gasteiger partial charge in [-0.05, 0) is 30.7 Å². The predicted molar refractivity (Wildman–Crippen MR) is 82.4 cm³/mol. The number of aromatic nitrogens is 1. The number of H-pyrrole nitrogens is 1. The quantitative estimate of drug-likeness (QED) is 0.686. The van der Waals surface area contributed by atoms with E-state index < -0.39 is 5.97 Å². The van der Waals surface area contributed by atoms with Gasteiger partial charge in [-0.1, -0.05) is 11.6 Å². The molecule has 0 fully saturated rings. The highest BCUT2D eigenvalue weighted by molar-refractivity contribution is 6.32. The number of hydrogen-bond acceptors (Lipinski definition) is 5. The Morgan fingerprint density at radius 1 is 1.26 bits per heavy atom. The molecular formula is C16H14ClNO5. The Bertz CT molecular complexity index is 768. The Morgan fingerprint density at radius 2 is 2.04 bits per heavy atom. The van der Waals surface area contributed by atoms with E-state index in [0.717, 1.165) is 0 Å². The maximum atomic E-state index is 12.0.